The molecule has 3 nitrogen and oxygen atoms in total. The van der Waals surface area contributed by atoms with E-state index in [1.807, 2.05) is 6.92 Å². The molecule has 19 heavy (non-hydrogen) atoms. The monoisotopic (exact) mass is 300 g/mol. The van der Waals surface area contributed by atoms with Crippen LogP contribution in [0.25, 0.3) is 0 Å². The fourth-order valence-corrected chi connectivity index (χ4v) is 2.89. The number of nitrogens with two attached hydrogens (primary N) is 1. The molecule has 1 heterocycles. The van der Waals surface area contributed by atoms with Crippen molar-refractivity contribution in [1.82, 2.24) is 4.90 Å². The topological polar surface area (TPSA) is 46.3 Å². The van der Waals surface area contributed by atoms with E-state index in [2.05, 4.69) is 4.90 Å². The molecule has 0 radical (unpaired) electrons. The number of hydrogen-bond acceptors (Lipinski definition) is 3. The molecule has 0 spiro atoms. The Labute approximate surface area is 123 Å². The SMILES string of the molecule is CC(C(=O)c1ccc(Cl)cc1Cl)N1CCC(N)CC1. The van der Waals surface area contributed by atoms with E-state index in [-0.39, 0.29) is 17.9 Å². The second-order valence-corrected chi connectivity index (χ2v) is 5.88. The second kappa shape index (κ2) is 6.23. The number of halogens is 2. The Morgan fingerprint density at radius 3 is 2.58 bits per heavy atom. The first-order chi connectivity index (χ1) is 8.99. The van der Waals surface area contributed by atoms with Gasteiger partial charge < -0.3 is 5.73 Å². The lowest BCUT2D eigenvalue weighted by Gasteiger charge is -2.34. The molecule has 1 aliphatic heterocycles. The van der Waals surface area contributed by atoms with Gasteiger partial charge in [-0.25, -0.2) is 0 Å². The van der Waals surface area contributed by atoms with Crippen molar-refractivity contribution in [2.75, 3.05) is 13.1 Å². The molecule has 5 heteroatoms. The molecule has 104 valence electrons. The normalized spacial score (nSPS) is 19.4. The number of rotatable bonds is 3. The molecule has 0 saturated carbocycles. The van der Waals surface area contributed by atoms with Crippen molar-refractivity contribution in [3.05, 3.63) is 33.8 Å². The first-order valence-corrected chi connectivity index (χ1v) is 7.23. The van der Waals surface area contributed by atoms with Crippen molar-refractivity contribution in [1.29, 1.82) is 0 Å². The Balaban J connectivity index is 2.10. The number of piperidine rings is 1. The van der Waals surface area contributed by atoms with E-state index in [0.29, 0.717) is 15.6 Å². The van der Waals surface area contributed by atoms with Crippen LogP contribution in [0.4, 0.5) is 0 Å². The quantitative estimate of drug-likeness (QED) is 0.873. The highest BCUT2D eigenvalue weighted by Gasteiger charge is 2.27. The smallest absolute Gasteiger partial charge is 0.181 e. The zero-order valence-corrected chi connectivity index (χ0v) is 12.4. The minimum absolute atomic E-state index is 0.0390. The van der Waals surface area contributed by atoms with Crippen LogP contribution in [0.2, 0.25) is 10.0 Å². The van der Waals surface area contributed by atoms with E-state index >= 15 is 0 Å². The minimum Gasteiger partial charge on any atom is -0.328 e. The molecule has 0 aromatic heterocycles. The summed E-state index contributed by atoms with van der Waals surface area (Å²) in [4.78, 5) is 14.6. The number of hydrogen-bond donors (Lipinski definition) is 1. The van der Waals surface area contributed by atoms with E-state index in [1.54, 1.807) is 18.2 Å². The van der Waals surface area contributed by atoms with Crippen molar-refractivity contribution in [2.45, 2.75) is 31.8 Å². The summed E-state index contributed by atoms with van der Waals surface area (Å²) in [5, 5.41) is 0.955. The number of likely N-dealkylation sites (tertiary alicyclic amines) is 1. The molecule has 0 amide bonds. The van der Waals surface area contributed by atoms with Gasteiger partial charge in [-0.3, -0.25) is 9.69 Å². The van der Waals surface area contributed by atoms with Crippen LogP contribution >= 0.6 is 23.2 Å². The van der Waals surface area contributed by atoms with Gasteiger partial charge in [0.1, 0.15) is 0 Å². The van der Waals surface area contributed by atoms with E-state index in [0.717, 1.165) is 25.9 Å². The summed E-state index contributed by atoms with van der Waals surface area (Å²) in [5.74, 6) is 0.0390. The van der Waals surface area contributed by atoms with Crippen molar-refractivity contribution >= 4 is 29.0 Å². The summed E-state index contributed by atoms with van der Waals surface area (Å²) in [5.41, 5.74) is 6.41. The maximum absolute atomic E-state index is 12.5. The van der Waals surface area contributed by atoms with Crippen LogP contribution in [0, 0.1) is 0 Å². The molecule has 2 rings (SSSR count). The Morgan fingerprint density at radius 1 is 1.37 bits per heavy atom. The van der Waals surface area contributed by atoms with Crippen molar-refractivity contribution < 1.29 is 4.79 Å². The first kappa shape index (κ1) is 14.8. The zero-order chi connectivity index (χ0) is 14.0. The van der Waals surface area contributed by atoms with Crippen LogP contribution in [0.15, 0.2) is 18.2 Å². The predicted octanol–water partition coefficient (Wildman–Crippen LogP) is 2.99. The standard InChI is InChI=1S/C14H18Cl2N2O/c1-9(18-6-4-11(17)5-7-18)14(19)12-3-2-10(15)8-13(12)16/h2-3,8-9,11H,4-7,17H2,1H3. The first-order valence-electron chi connectivity index (χ1n) is 6.48. The number of carbonyl (C=O) groups excluding carboxylic acids is 1. The fraction of sp³-hybridized carbons (Fsp3) is 0.500. The molecule has 1 aromatic carbocycles. The Hall–Kier alpha value is -0.610. The van der Waals surface area contributed by atoms with Crippen molar-refractivity contribution in [3.8, 4) is 0 Å². The van der Waals surface area contributed by atoms with Gasteiger partial charge in [-0.1, -0.05) is 23.2 Å². The van der Waals surface area contributed by atoms with Gasteiger partial charge in [0, 0.05) is 29.7 Å². The largest absolute Gasteiger partial charge is 0.328 e. The highest BCUT2D eigenvalue weighted by atomic mass is 35.5. The Morgan fingerprint density at radius 2 is 2.00 bits per heavy atom. The molecule has 1 saturated heterocycles. The van der Waals surface area contributed by atoms with Gasteiger partial charge in [0.2, 0.25) is 0 Å². The van der Waals surface area contributed by atoms with E-state index in [1.165, 1.54) is 0 Å². The summed E-state index contributed by atoms with van der Waals surface area (Å²) in [6, 6.07) is 5.08. The van der Waals surface area contributed by atoms with Crippen LogP contribution in [-0.4, -0.2) is 35.9 Å². The second-order valence-electron chi connectivity index (χ2n) is 5.04. The summed E-state index contributed by atoms with van der Waals surface area (Å²) in [7, 11) is 0. The van der Waals surface area contributed by atoms with Gasteiger partial charge in [0.05, 0.1) is 11.1 Å². The summed E-state index contributed by atoms with van der Waals surface area (Å²) >= 11 is 11.9. The number of benzene rings is 1. The molecule has 1 unspecified atom stereocenters. The zero-order valence-electron chi connectivity index (χ0n) is 10.9. The summed E-state index contributed by atoms with van der Waals surface area (Å²) in [6.07, 6.45) is 1.87. The third-order valence-corrected chi connectivity index (χ3v) is 4.25. The fourth-order valence-electron chi connectivity index (χ4n) is 2.39. The van der Waals surface area contributed by atoms with Gasteiger partial charge in [-0.15, -0.1) is 0 Å². The average molecular weight is 301 g/mol. The van der Waals surface area contributed by atoms with E-state index in [9.17, 15) is 4.79 Å². The van der Waals surface area contributed by atoms with E-state index < -0.39 is 0 Å². The van der Waals surface area contributed by atoms with Gasteiger partial charge in [-0.2, -0.15) is 0 Å². The van der Waals surface area contributed by atoms with Gasteiger partial charge in [0.25, 0.3) is 0 Å². The van der Waals surface area contributed by atoms with Crippen LogP contribution in [0.5, 0.6) is 0 Å². The highest BCUT2D eigenvalue weighted by Crippen LogP contribution is 2.24. The molecule has 0 aliphatic carbocycles. The number of carbonyl (C=O) groups is 1. The highest BCUT2D eigenvalue weighted by molar-refractivity contribution is 6.37. The third-order valence-electron chi connectivity index (χ3n) is 3.70. The number of ketones is 1. The summed E-state index contributed by atoms with van der Waals surface area (Å²) < 4.78 is 0. The molecular weight excluding hydrogens is 283 g/mol. The van der Waals surface area contributed by atoms with Crippen LogP contribution < -0.4 is 5.73 Å². The van der Waals surface area contributed by atoms with Crippen LogP contribution in [0.1, 0.15) is 30.1 Å². The van der Waals surface area contributed by atoms with Gasteiger partial charge >= 0.3 is 0 Å². The average Bonchev–Trinajstić information content (AvgIpc) is 2.38. The Bertz CT molecular complexity index is 471. The number of Topliss-reactive ketones (excluding diaryl/α,β-unsaturated/α-hetero) is 1. The molecule has 0 bridgehead atoms. The molecule has 1 aliphatic rings. The Kier molecular flexibility index (Phi) is 4.85. The molecule has 1 atom stereocenters. The number of nitrogens with zero attached hydrogens (tertiary/aromatic N) is 1. The molecular formula is C14H18Cl2N2O. The maximum Gasteiger partial charge on any atom is 0.181 e. The lowest BCUT2D eigenvalue weighted by atomic mass is 10.00. The van der Waals surface area contributed by atoms with Crippen molar-refractivity contribution in [3.63, 3.8) is 0 Å². The molecule has 2 N–H and O–H groups in total. The third kappa shape index (κ3) is 3.48. The molecule has 1 fully saturated rings. The maximum atomic E-state index is 12.5. The van der Waals surface area contributed by atoms with Gasteiger partial charge in [0.15, 0.2) is 5.78 Å². The van der Waals surface area contributed by atoms with Gasteiger partial charge in [-0.05, 0) is 38.0 Å². The van der Waals surface area contributed by atoms with Crippen molar-refractivity contribution in [2.24, 2.45) is 5.73 Å². The summed E-state index contributed by atoms with van der Waals surface area (Å²) in [6.45, 7) is 3.64. The molecule has 1 aromatic rings. The predicted molar refractivity (Wildman–Crippen MR) is 79.0 cm³/mol. The van der Waals surface area contributed by atoms with Crippen LogP contribution in [0.3, 0.4) is 0 Å². The lowest BCUT2D eigenvalue weighted by Crippen LogP contribution is -2.47. The lowest BCUT2D eigenvalue weighted by molar-refractivity contribution is 0.0798. The van der Waals surface area contributed by atoms with E-state index in [4.69, 9.17) is 28.9 Å². The van der Waals surface area contributed by atoms with Crippen LogP contribution in [-0.2, 0) is 0 Å². The minimum atomic E-state index is -0.175.